The number of phenols is 1. The van der Waals surface area contributed by atoms with Gasteiger partial charge < -0.3 is 16.6 Å². The van der Waals surface area contributed by atoms with Gasteiger partial charge in [-0.2, -0.15) is 0 Å². The molecular formula is C12H12N2O. The average molecular weight is 200 g/mol. The normalized spacial score (nSPS) is 10.1. The van der Waals surface area contributed by atoms with Gasteiger partial charge in [0.15, 0.2) is 0 Å². The van der Waals surface area contributed by atoms with Crippen molar-refractivity contribution in [3.63, 3.8) is 0 Å². The van der Waals surface area contributed by atoms with Gasteiger partial charge in [0.2, 0.25) is 0 Å². The lowest BCUT2D eigenvalue weighted by atomic mass is 10.0. The molecule has 5 N–H and O–H groups in total. The van der Waals surface area contributed by atoms with Crippen LogP contribution in [0.1, 0.15) is 0 Å². The molecular weight excluding hydrogens is 188 g/mol. The summed E-state index contributed by atoms with van der Waals surface area (Å²) in [4.78, 5) is 0. The van der Waals surface area contributed by atoms with Crippen LogP contribution in [-0.2, 0) is 0 Å². The molecule has 0 aliphatic carbocycles. The first kappa shape index (κ1) is 9.40. The summed E-state index contributed by atoms with van der Waals surface area (Å²) in [6, 6.07) is 12.6. The van der Waals surface area contributed by atoms with Crippen LogP contribution in [0.3, 0.4) is 0 Å². The van der Waals surface area contributed by atoms with Crippen LogP contribution >= 0.6 is 0 Å². The molecule has 0 unspecified atom stereocenters. The number of hydrogen-bond donors (Lipinski definition) is 3. The molecule has 76 valence electrons. The van der Waals surface area contributed by atoms with Gasteiger partial charge in [0, 0.05) is 5.69 Å². The summed E-state index contributed by atoms with van der Waals surface area (Å²) in [5.74, 6) is 0.101. The fourth-order valence-electron chi connectivity index (χ4n) is 1.40. The minimum Gasteiger partial charge on any atom is -0.506 e. The molecule has 3 nitrogen and oxygen atoms in total. The van der Waals surface area contributed by atoms with Gasteiger partial charge in [0.25, 0.3) is 0 Å². The molecule has 0 saturated carbocycles. The maximum absolute atomic E-state index is 9.47. The fraction of sp³-hybridized carbons (Fsp3) is 0. The number of rotatable bonds is 1. The number of benzene rings is 2. The standard InChI is InChI=1S/C12H12N2O/c13-10-4-1-8(2-5-10)9-3-6-11(14)12(15)7-9/h1-7,15H,13-14H2. The van der Waals surface area contributed by atoms with E-state index in [2.05, 4.69) is 0 Å². The summed E-state index contributed by atoms with van der Waals surface area (Å²) in [5.41, 5.74) is 14.1. The van der Waals surface area contributed by atoms with Crippen molar-refractivity contribution < 1.29 is 5.11 Å². The van der Waals surface area contributed by atoms with E-state index in [1.54, 1.807) is 12.1 Å². The Hall–Kier alpha value is -2.16. The van der Waals surface area contributed by atoms with Crippen molar-refractivity contribution in [1.82, 2.24) is 0 Å². The Morgan fingerprint density at radius 1 is 0.800 bits per heavy atom. The fourth-order valence-corrected chi connectivity index (χ4v) is 1.40. The highest BCUT2D eigenvalue weighted by Gasteiger charge is 2.01. The maximum atomic E-state index is 9.47. The minimum absolute atomic E-state index is 0.101. The summed E-state index contributed by atoms with van der Waals surface area (Å²) in [6.07, 6.45) is 0. The zero-order valence-electron chi connectivity index (χ0n) is 8.14. The third-order valence-electron chi connectivity index (χ3n) is 2.27. The summed E-state index contributed by atoms with van der Waals surface area (Å²) < 4.78 is 0. The molecule has 3 heteroatoms. The molecule has 0 fully saturated rings. The van der Waals surface area contributed by atoms with Crippen molar-refractivity contribution in [3.05, 3.63) is 42.5 Å². The van der Waals surface area contributed by atoms with Crippen molar-refractivity contribution in [1.29, 1.82) is 0 Å². The number of aromatic hydroxyl groups is 1. The highest BCUT2D eigenvalue weighted by atomic mass is 16.3. The molecule has 0 saturated heterocycles. The number of nitrogen functional groups attached to an aromatic ring is 2. The lowest BCUT2D eigenvalue weighted by molar-refractivity contribution is 0.478. The molecule has 0 spiro atoms. The van der Waals surface area contributed by atoms with Crippen LogP contribution in [0, 0.1) is 0 Å². The zero-order chi connectivity index (χ0) is 10.8. The molecule has 0 aliphatic rings. The van der Waals surface area contributed by atoms with Gasteiger partial charge in [0.1, 0.15) is 5.75 Å². The van der Waals surface area contributed by atoms with E-state index < -0.39 is 0 Å². The van der Waals surface area contributed by atoms with Crippen LogP contribution in [0.5, 0.6) is 5.75 Å². The monoisotopic (exact) mass is 200 g/mol. The second-order valence-electron chi connectivity index (χ2n) is 3.40. The Labute approximate surface area is 88.0 Å². The van der Waals surface area contributed by atoms with Crippen LogP contribution in [-0.4, -0.2) is 5.11 Å². The molecule has 0 bridgehead atoms. The van der Waals surface area contributed by atoms with Crippen LogP contribution < -0.4 is 11.5 Å². The first-order chi connectivity index (χ1) is 7.16. The number of hydrogen-bond acceptors (Lipinski definition) is 3. The Kier molecular flexibility index (Phi) is 2.21. The lowest BCUT2D eigenvalue weighted by Crippen LogP contribution is -1.87. The Bertz CT molecular complexity index is 477. The first-order valence-corrected chi connectivity index (χ1v) is 4.61. The summed E-state index contributed by atoms with van der Waals surface area (Å²) in [7, 11) is 0. The molecule has 15 heavy (non-hydrogen) atoms. The predicted molar refractivity (Wildman–Crippen MR) is 62.4 cm³/mol. The molecule has 0 amide bonds. The third kappa shape index (κ3) is 1.86. The van der Waals surface area contributed by atoms with Crippen molar-refractivity contribution in [2.45, 2.75) is 0 Å². The summed E-state index contributed by atoms with van der Waals surface area (Å²) >= 11 is 0. The van der Waals surface area contributed by atoms with E-state index >= 15 is 0 Å². The number of nitrogens with two attached hydrogens (primary N) is 2. The van der Waals surface area contributed by atoms with Crippen molar-refractivity contribution in [2.24, 2.45) is 0 Å². The molecule has 0 atom stereocenters. The smallest absolute Gasteiger partial charge is 0.139 e. The number of phenolic OH excluding ortho intramolecular Hbond substituents is 1. The Balaban J connectivity index is 2.45. The third-order valence-corrected chi connectivity index (χ3v) is 2.27. The van der Waals surface area contributed by atoms with Crippen LogP contribution in [0.4, 0.5) is 11.4 Å². The predicted octanol–water partition coefficient (Wildman–Crippen LogP) is 2.22. The minimum atomic E-state index is 0.101. The molecule has 0 aliphatic heterocycles. The van der Waals surface area contributed by atoms with Crippen LogP contribution in [0.15, 0.2) is 42.5 Å². The van der Waals surface area contributed by atoms with E-state index in [1.807, 2.05) is 30.3 Å². The molecule has 2 aromatic carbocycles. The highest BCUT2D eigenvalue weighted by Crippen LogP contribution is 2.28. The topological polar surface area (TPSA) is 72.3 Å². The van der Waals surface area contributed by atoms with E-state index in [0.717, 1.165) is 16.8 Å². The highest BCUT2D eigenvalue weighted by molar-refractivity contribution is 5.70. The van der Waals surface area contributed by atoms with Gasteiger partial charge in [-0.1, -0.05) is 18.2 Å². The second-order valence-corrected chi connectivity index (χ2v) is 3.40. The SMILES string of the molecule is Nc1ccc(-c2ccc(N)c(O)c2)cc1. The van der Waals surface area contributed by atoms with Gasteiger partial charge in [-0.3, -0.25) is 0 Å². The molecule has 2 aromatic rings. The number of anilines is 2. The van der Waals surface area contributed by atoms with E-state index in [4.69, 9.17) is 11.5 Å². The van der Waals surface area contributed by atoms with Crippen LogP contribution in [0.25, 0.3) is 11.1 Å². The zero-order valence-corrected chi connectivity index (χ0v) is 8.14. The van der Waals surface area contributed by atoms with E-state index in [0.29, 0.717) is 5.69 Å². The molecule has 2 rings (SSSR count). The summed E-state index contributed by atoms with van der Waals surface area (Å²) in [6.45, 7) is 0. The first-order valence-electron chi connectivity index (χ1n) is 4.61. The Morgan fingerprint density at radius 2 is 1.40 bits per heavy atom. The lowest BCUT2D eigenvalue weighted by Gasteiger charge is -2.04. The van der Waals surface area contributed by atoms with Gasteiger partial charge in [-0.05, 0) is 35.4 Å². The maximum Gasteiger partial charge on any atom is 0.139 e. The second kappa shape index (κ2) is 3.53. The van der Waals surface area contributed by atoms with Crippen molar-refractivity contribution in [2.75, 3.05) is 11.5 Å². The van der Waals surface area contributed by atoms with E-state index in [-0.39, 0.29) is 5.75 Å². The van der Waals surface area contributed by atoms with Gasteiger partial charge >= 0.3 is 0 Å². The van der Waals surface area contributed by atoms with E-state index in [9.17, 15) is 5.11 Å². The average Bonchev–Trinajstić information content (AvgIpc) is 2.23. The van der Waals surface area contributed by atoms with Crippen LogP contribution in [0.2, 0.25) is 0 Å². The Morgan fingerprint density at radius 3 is 2.00 bits per heavy atom. The van der Waals surface area contributed by atoms with Gasteiger partial charge in [0.05, 0.1) is 5.69 Å². The molecule has 0 heterocycles. The van der Waals surface area contributed by atoms with E-state index in [1.165, 1.54) is 0 Å². The quantitative estimate of drug-likeness (QED) is 0.488. The van der Waals surface area contributed by atoms with Crippen molar-refractivity contribution >= 4 is 11.4 Å². The largest absolute Gasteiger partial charge is 0.506 e. The molecule has 0 aromatic heterocycles. The van der Waals surface area contributed by atoms with Crippen molar-refractivity contribution in [3.8, 4) is 16.9 Å². The van der Waals surface area contributed by atoms with Gasteiger partial charge in [-0.25, -0.2) is 0 Å². The molecule has 0 radical (unpaired) electrons. The van der Waals surface area contributed by atoms with Gasteiger partial charge in [-0.15, -0.1) is 0 Å². The summed E-state index contributed by atoms with van der Waals surface area (Å²) in [5, 5.41) is 9.47.